The molecule has 1 fully saturated rings. The fourth-order valence-corrected chi connectivity index (χ4v) is 2.74. The van der Waals surface area contributed by atoms with Gasteiger partial charge < -0.3 is 15.0 Å². The van der Waals surface area contributed by atoms with Crippen molar-refractivity contribution in [3.63, 3.8) is 0 Å². The van der Waals surface area contributed by atoms with Crippen LogP contribution in [0.3, 0.4) is 0 Å². The molecule has 0 aromatic heterocycles. The number of hydrogen-bond acceptors (Lipinski definition) is 4. The number of benzene rings is 1. The molecule has 0 spiro atoms. The molecule has 0 radical (unpaired) electrons. The first-order valence-corrected chi connectivity index (χ1v) is 8.14. The SMILES string of the molecule is CCOC(=O)CN1CCN(C(=O)Nc2ccc(Cl)cc2Cl)CC1. The maximum Gasteiger partial charge on any atom is 0.321 e. The molecular weight excluding hydrogens is 341 g/mol. The number of nitrogens with one attached hydrogen (secondary N) is 1. The minimum absolute atomic E-state index is 0.218. The van der Waals surface area contributed by atoms with Crippen molar-refractivity contribution < 1.29 is 14.3 Å². The zero-order chi connectivity index (χ0) is 16.8. The summed E-state index contributed by atoms with van der Waals surface area (Å²) in [5, 5.41) is 3.68. The summed E-state index contributed by atoms with van der Waals surface area (Å²) in [5.74, 6) is -0.238. The van der Waals surface area contributed by atoms with Gasteiger partial charge in [0.15, 0.2) is 0 Å². The van der Waals surface area contributed by atoms with Crippen LogP contribution in [0.4, 0.5) is 10.5 Å². The van der Waals surface area contributed by atoms with Crippen LogP contribution in [0.5, 0.6) is 0 Å². The van der Waals surface area contributed by atoms with Gasteiger partial charge >= 0.3 is 12.0 Å². The summed E-state index contributed by atoms with van der Waals surface area (Å²) in [6, 6.07) is 4.70. The van der Waals surface area contributed by atoms with Gasteiger partial charge in [-0.2, -0.15) is 0 Å². The highest BCUT2D eigenvalue weighted by Crippen LogP contribution is 2.25. The summed E-state index contributed by atoms with van der Waals surface area (Å²) in [6.45, 7) is 4.74. The molecule has 1 saturated heterocycles. The lowest BCUT2D eigenvalue weighted by Gasteiger charge is -2.34. The molecule has 23 heavy (non-hydrogen) atoms. The molecule has 1 aromatic rings. The number of carbonyl (C=O) groups is 2. The molecule has 1 aliphatic heterocycles. The molecule has 1 N–H and O–H groups in total. The van der Waals surface area contributed by atoms with E-state index in [2.05, 4.69) is 5.32 Å². The quantitative estimate of drug-likeness (QED) is 0.839. The van der Waals surface area contributed by atoms with E-state index in [1.54, 1.807) is 30.0 Å². The highest BCUT2D eigenvalue weighted by atomic mass is 35.5. The highest BCUT2D eigenvalue weighted by Gasteiger charge is 2.23. The normalized spacial score (nSPS) is 15.3. The van der Waals surface area contributed by atoms with E-state index >= 15 is 0 Å². The number of nitrogens with zero attached hydrogens (tertiary/aromatic N) is 2. The Hall–Kier alpha value is -1.50. The van der Waals surface area contributed by atoms with Gasteiger partial charge in [-0.05, 0) is 25.1 Å². The second-order valence-corrected chi connectivity index (χ2v) is 5.97. The van der Waals surface area contributed by atoms with E-state index in [9.17, 15) is 9.59 Å². The molecule has 126 valence electrons. The Morgan fingerprint density at radius 3 is 2.52 bits per heavy atom. The van der Waals surface area contributed by atoms with Gasteiger partial charge in [0.05, 0.1) is 23.9 Å². The largest absolute Gasteiger partial charge is 0.465 e. The molecule has 6 nitrogen and oxygen atoms in total. The van der Waals surface area contributed by atoms with Gasteiger partial charge in [-0.1, -0.05) is 23.2 Å². The second-order valence-electron chi connectivity index (χ2n) is 5.12. The topological polar surface area (TPSA) is 61.9 Å². The minimum atomic E-state index is -0.238. The number of carbonyl (C=O) groups excluding carboxylic acids is 2. The molecule has 0 atom stereocenters. The maximum absolute atomic E-state index is 12.2. The fourth-order valence-electron chi connectivity index (χ4n) is 2.28. The summed E-state index contributed by atoms with van der Waals surface area (Å²) < 4.78 is 4.92. The van der Waals surface area contributed by atoms with Crippen molar-refractivity contribution in [2.75, 3.05) is 44.6 Å². The van der Waals surface area contributed by atoms with E-state index in [1.807, 2.05) is 4.90 Å². The van der Waals surface area contributed by atoms with Crippen molar-refractivity contribution in [3.8, 4) is 0 Å². The van der Waals surface area contributed by atoms with Gasteiger partial charge in [-0.15, -0.1) is 0 Å². The third-order valence-corrected chi connectivity index (χ3v) is 4.04. The number of urea groups is 1. The zero-order valence-corrected chi connectivity index (χ0v) is 14.4. The third kappa shape index (κ3) is 5.27. The molecule has 0 saturated carbocycles. The van der Waals surface area contributed by atoms with E-state index in [1.165, 1.54) is 0 Å². The van der Waals surface area contributed by atoms with Crippen LogP contribution in [0, 0.1) is 0 Å². The predicted molar refractivity (Wildman–Crippen MR) is 90.1 cm³/mol. The lowest BCUT2D eigenvalue weighted by atomic mass is 10.3. The molecule has 0 bridgehead atoms. The van der Waals surface area contributed by atoms with E-state index in [-0.39, 0.29) is 18.5 Å². The van der Waals surface area contributed by atoms with E-state index in [0.717, 1.165) is 0 Å². The van der Waals surface area contributed by atoms with Crippen molar-refractivity contribution >= 4 is 40.9 Å². The van der Waals surface area contributed by atoms with Crippen molar-refractivity contribution in [2.45, 2.75) is 6.92 Å². The molecule has 1 aliphatic rings. The Balaban J connectivity index is 1.82. The van der Waals surface area contributed by atoms with Crippen LogP contribution >= 0.6 is 23.2 Å². The average molecular weight is 360 g/mol. The Kier molecular flexibility index (Phi) is 6.50. The van der Waals surface area contributed by atoms with Crippen LogP contribution in [0.25, 0.3) is 0 Å². The van der Waals surface area contributed by atoms with Gasteiger partial charge in [0.25, 0.3) is 0 Å². The molecule has 2 amide bonds. The van der Waals surface area contributed by atoms with E-state index < -0.39 is 0 Å². The van der Waals surface area contributed by atoms with Gasteiger partial charge in [0, 0.05) is 31.2 Å². The molecular formula is C15H19Cl2N3O3. The van der Waals surface area contributed by atoms with Crippen molar-refractivity contribution in [1.82, 2.24) is 9.80 Å². The molecule has 0 unspecified atom stereocenters. The number of piperazine rings is 1. The summed E-state index contributed by atoms with van der Waals surface area (Å²) in [4.78, 5) is 27.4. The Morgan fingerprint density at radius 2 is 1.91 bits per heavy atom. The highest BCUT2D eigenvalue weighted by molar-refractivity contribution is 6.36. The predicted octanol–water partition coefficient (Wildman–Crippen LogP) is 2.71. The standard InChI is InChI=1S/C15H19Cl2N3O3/c1-2-23-14(21)10-19-5-7-20(8-6-19)15(22)18-13-4-3-11(16)9-12(13)17/h3-4,9H,2,5-8,10H2,1H3,(H,18,22). The summed E-state index contributed by atoms with van der Waals surface area (Å²) in [6.07, 6.45) is 0. The van der Waals surface area contributed by atoms with Crippen molar-refractivity contribution in [2.24, 2.45) is 0 Å². The number of amides is 2. The van der Waals surface area contributed by atoms with Crippen molar-refractivity contribution in [3.05, 3.63) is 28.2 Å². The Morgan fingerprint density at radius 1 is 1.22 bits per heavy atom. The Labute approximate surface area is 145 Å². The van der Waals surface area contributed by atoms with Gasteiger partial charge in [0.1, 0.15) is 0 Å². The monoisotopic (exact) mass is 359 g/mol. The van der Waals surface area contributed by atoms with Crippen LogP contribution < -0.4 is 5.32 Å². The van der Waals surface area contributed by atoms with Crippen LogP contribution in [-0.2, 0) is 9.53 Å². The summed E-state index contributed by atoms with van der Waals surface area (Å²) in [7, 11) is 0. The number of halogens is 2. The first-order chi connectivity index (χ1) is 11.0. The van der Waals surface area contributed by atoms with E-state index in [4.69, 9.17) is 27.9 Å². The molecule has 1 aromatic carbocycles. The van der Waals surface area contributed by atoms with Crippen LogP contribution in [0.15, 0.2) is 18.2 Å². The fraction of sp³-hybridized carbons (Fsp3) is 0.467. The summed E-state index contributed by atoms with van der Waals surface area (Å²) in [5.41, 5.74) is 0.523. The first kappa shape index (κ1) is 17.8. The van der Waals surface area contributed by atoms with Gasteiger partial charge in [0.2, 0.25) is 0 Å². The lowest BCUT2D eigenvalue weighted by Crippen LogP contribution is -2.51. The number of hydrogen-bond donors (Lipinski definition) is 1. The zero-order valence-electron chi connectivity index (χ0n) is 12.8. The molecule has 8 heteroatoms. The Bertz CT molecular complexity index is 575. The molecule has 1 heterocycles. The minimum Gasteiger partial charge on any atom is -0.465 e. The molecule has 2 rings (SSSR count). The molecule has 0 aliphatic carbocycles. The number of rotatable bonds is 4. The van der Waals surface area contributed by atoms with Crippen molar-refractivity contribution in [1.29, 1.82) is 0 Å². The van der Waals surface area contributed by atoms with Gasteiger partial charge in [-0.3, -0.25) is 9.69 Å². The van der Waals surface area contributed by atoms with E-state index in [0.29, 0.717) is 48.5 Å². The second kappa shape index (κ2) is 8.38. The summed E-state index contributed by atoms with van der Waals surface area (Å²) >= 11 is 11.9. The first-order valence-electron chi connectivity index (χ1n) is 7.38. The van der Waals surface area contributed by atoms with Crippen LogP contribution in [-0.4, -0.2) is 61.1 Å². The number of esters is 1. The smallest absolute Gasteiger partial charge is 0.321 e. The average Bonchev–Trinajstić information content (AvgIpc) is 2.51. The number of ether oxygens (including phenoxy) is 1. The van der Waals surface area contributed by atoms with Crippen LogP contribution in [0.1, 0.15) is 6.92 Å². The van der Waals surface area contributed by atoms with Gasteiger partial charge in [-0.25, -0.2) is 4.79 Å². The van der Waals surface area contributed by atoms with Crippen LogP contribution in [0.2, 0.25) is 10.0 Å². The maximum atomic E-state index is 12.2. The lowest BCUT2D eigenvalue weighted by molar-refractivity contribution is -0.144. The number of anilines is 1. The third-order valence-electron chi connectivity index (χ3n) is 3.49.